The Morgan fingerprint density at radius 1 is 1.24 bits per heavy atom. The number of benzene rings is 2. The Balaban J connectivity index is 2.37. The van der Waals surface area contributed by atoms with Gasteiger partial charge in [-0.25, -0.2) is 9.37 Å². The lowest BCUT2D eigenvalue weighted by Gasteiger charge is -2.11. The third-order valence-corrected chi connectivity index (χ3v) is 4.63. The molecule has 0 radical (unpaired) electrons. The predicted octanol–water partition coefficient (Wildman–Crippen LogP) is 5.74. The summed E-state index contributed by atoms with van der Waals surface area (Å²) >= 11 is 12.7. The molecule has 108 valence electrons. The van der Waals surface area contributed by atoms with Gasteiger partial charge in [-0.1, -0.05) is 15.9 Å². The molecule has 1 aromatic heterocycles. The number of halogens is 4. The first-order valence-electron chi connectivity index (χ1n) is 6.20. The maximum absolute atomic E-state index is 13.9. The predicted molar refractivity (Wildman–Crippen MR) is 90.7 cm³/mol. The van der Waals surface area contributed by atoms with Gasteiger partial charge in [0.25, 0.3) is 0 Å². The van der Waals surface area contributed by atoms with Crippen LogP contribution in [0.2, 0.25) is 0 Å². The smallest absolute Gasteiger partial charge is 0.139 e. The van der Waals surface area contributed by atoms with E-state index in [2.05, 4.69) is 36.8 Å². The molecule has 0 fully saturated rings. The van der Waals surface area contributed by atoms with Crippen molar-refractivity contribution >= 4 is 54.5 Å². The monoisotopic (exact) mass is 430 g/mol. The molecule has 1 heterocycles. The van der Waals surface area contributed by atoms with Gasteiger partial charge in [-0.3, -0.25) is 4.57 Å². The molecule has 0 saturated carbocycles. The van der Waals surface area contributed by atoms with Crippen LogP contribution < -0.4 is 0 Å². The maximum Gasteiger partial charge on any atom is 0.139 e. The van der Waals surface area contributed by atoms with E-state index < -0.39 is 0 Å². The van der Waals surface area contributed by atoms with Crippen molar-refractivity contribution in [2.75, 3.05) is 0 Å². The molecule has 0 saturated heterocycles. The Hall–Kier alpha value is -0.910. The van der Waals surface area contributed by atoms with Gasteiger partial charge in [-0.15, -0.1) is 11.6 Å². The van der Waals surface area contributed by atoms with Crippen LogP contribution in [0.3, 0.4) is 0 Å². The van der Waals surface area contributed by atoms with Gasteiger partial charge in [0, 0.05) is 10.5 Å². The molecule has 21 heavy (non-hydrogen) atoms. The molecule has 0 aliphatic rings. The number of hydrogen-bond donors (Lipinski definition) is 0. The molecular formula is C15H10Br2ClFN2. The van der Waals surface area contributed by atoms with Gasteiger partial charge >= 0.3 is 0 Å². The average Bonchev–Trinajstić information content (AvgIpc) is 2.77. The zero-order chi connectivity index (χ0) is 15.1. The number of hydrogen-bond acceptors (Lipinski definition) is 1. The second kappa shape index (κ2) is 5.71. The van der Waals surface area contributed by atoms with E-state index in [9.17, 15) is 4.39 Å². The fraction of sp³-hybridized carbons (Fsp3) is 0.133. The van der Waals surface area contributed by atoms with Crippen LogP contribution in [-0.4, -0.2) is 9.55 Å². The summed E-state index contributed by atoms with van der Waals surface area (Å²) in [6.07, 6.45) is 0. The van der Waals surface area contributed by atoms with E-state index in [1.54, 1.807) is 6.07 Å². The third kappa shape index (κ3) is 2.62. The average molecular weight is 433 g/mol. The Morgan fingerprint density at radius 3 is 2.67 bits per heavy atom. The normalized spacial score (nSPS) is 11.3. The fourth-order valence-electron chi connectivity index (χ4n) is 2.35. The van der Waals surface area contributed by atoms with Gasteiger partial charge in [-0.05, 0) is 52.7 Å². The highest BCUT2D eigenvalue weighted by atomic mass is 79.9. The Bertz CT molecular complexity index is 845. The van der Waals surface area contributed by atoms with E-state index in [0.29, 0.717) is 21.3 Å². The van der Waals surface area contributed by atoms with Crippen molar-refractivity contribution < 1.29 is 4.39 Å². The summed E-state index contributed by atoms with van der Waals surface area (Å²) in [5, 5.41) is 0. The molecule has 3 rings (SSSR count). The van der Waals surface area contributed by atoms with Crippen LogP contribution >= 0.6 is 43.5 Å². The van der Waals surface area contributed by atoms with Gasteiger partial charge in [0.1, 0.15) is 11.6 Å². The molecule has 2 aromatic carbocycles. The molecule has 0 amide bonds. The van der Waals surface area contributed by atoms with E-state index in [1.165, 1.54) is 6.07 Å². The van der Waals surface area contributed by atoms with E-state index in [0.717, 1.165) is 15.7 Å². The van der Waals surface area contributed by atoms with E-state index in [4.69, 9.17) is 11.6 Å². The molecule has 0 spiro atoms. The molecule has 2 nitrogen and oxygen atoms in total. The van der Waals surface area contributed by atoms with Crippen LogP contribution in [0.4, 0.5) is 4.39 Å². The summed E-state index contributed by atoms with van der Waals surface area (Å²) in [6.45, 7) is 2.00. The Labute approximate surface area is 143 Å². The number of imidazole rings is 1. The molecule has 0 aliphatic heterocycles. The highest BCUT2D eigenvalue weighted by molar-refractivity contribution is 9.10. The first-order chi connectivity index (χ1) is 10.0. The van der Waals surface area contributed by atoms with Crippen molar-refractivity contribution in [1.29, 1.82) is 0 Å². The van der Waals surface area contributed by atoms with Crippen LogP contribution in [0.15, 0.2) is 39.3 Å². The van der Waals surface area contributed by atoms with E-state index >= 15 is 0 Å². The van der Waals surface area contributed by atoms with Crippen LogP contribution in [0, 0.1) is 12.7 Å². The summed E-state index contributed by atoms with van der Waals surface area (Å²) in [7, 11) is 0. The number of aromatic nitrogens is 2. The third-order valence-electron chi connectivity index (χ3n) is 3.29. The van der Waals surface area contributed by atoms with Crippen molar-refractivity contribution in [1.82, 2.24) is 9.55 Å². The van der Waals surface area contributed by atoms with Gasteiger partial charge in [0.05, 0.1) is 27.1 Å². The van der Waals surface area contributed by atoms with E-state index in [-0.39, 0.29) is 11.7 Å². The standard InChI is InChI=1S/C15H10Br2ClFN2/c1-8-4-9(16)2-3-13(8)21-14-6-11(19)10(17)5-12(14)20-15(21)7-18/h2-6H,7H2,1H3. The highest BCUT2D eigenvalue weighted by Crippen LogP contribution is 2.29. The summed E-state index contributed by atoms with van der Waals surface area (Å²) in [4.78, 5) is 4.50. The zero-order valence-electron chi connectivity index (χ0n) is 11.0. The van der Waals surface area contributed by atoms with Crippen molar-refractivity contribution in [3.8, 4) is 5.69 Å². The Morgan fingerprint density at radius 2 is 2.00 bits per heavy atom. The largest absolute Gasteiger partial charge is 0.295 e. The SMILES string of the molecule is Cc1cc(Br)ccc1-n1c(CCl)nc2cc(Br)c(F)cc21. The Kier molecular flexibility index (Phi) is 4.08. The lowest BCUT2D eigenvalue weighted by Crippen LogP contribution is -2.01. The van der Waals surface area contributed by atoms with Gasteiger partial charge in [0.15, 0.2) is 0 Å². The van der Waals surface area contributed by atoms with Crippen molar-refractivity contribution in [3.05, 3.63) is 56.5 Å². The van der Waals surface area contributed by atoms with E-state index in [1.807, 2.05) is 29.7 Å². The molecule has 0 N–H and O–H groups in total. The summed E-state index contributed by atoms with van der Waals surface area (Å²) in [5.74, 6) is 0.623. The lowest BCUT2D eigenvalue weighted by atomic mass is 10.2. The molecule has 0 unspecified atom stereocenters. The first kappa shape index (κ1) is 15.0. The van der Waals surface area contributed by atoms with Crippen LogP contribution in [-0.2, 0) is 5.88 Å². The number of rotatable bonds is 2. The van der Waals surface area contributed by atoms with Gasteiger partial charge < -0.3 is 0 Å². The number of aryl methyl sites for hydroxylation is 1. The van der Waals surface area contributed by atoms with Crippen LogP contribution in [0.5, 0.6) is 0 Å². The summed E-state index contributed by atoms with van der Waals surface area (Å²) < 4.78 is 17.2. The van der Waals surface area contributed by atoms with Gasteiger partial charge in [0.2, 0.25) is 0 Å². The molecular weight excluding hydrogens is 422 g/mol. The maximum atomic E-state index is 13.9. The molecule has 0 aliphatic carbocycles. The number of nitrogens with zero attached hydrogens (tertiary/aromatic N) is 2. The minimum atomic E-state index is -0.320. The minimum absolute atomic E-state index is 0.253. The molecule has 0 atom stereocenters. The van der Waals surface area contributed by atoms with Crippen LogP contribution in [0.25, 0.3) is 16.7 Å². The highest BCUT2D eigenvalue weighted by Gasteiger charge is 2.15. The van der Waals surface area contributed by atoms with Gasteiger partial charge in [-0.2, -0.15) is 0 Å². The topological polar surface area (TPSA) is 17.8 Å². The molecule has 0 bridgehead atoms. The number of alkyl halides is 1. The molecule has 6 heteroatoms. The summed E-state index contributed by atoms with van der Waals surface area (Å²) in [5.41, 5.74) is 3.41. The van der Waals surface area contributed by atoms with Crippen molar-refractivity contribution in [3.63, 3.8) is 0 Å². The van der Waals surface area contributed by atoms with Crippen molar-refractivity contribution in [2.45, 2.75) is 12.8 Å². The quantitative estimate of drug-likeness (QED) is 0.473. The lowest BCUT2D eigenvalue weighted by molar-refractivity contribution is 0.622. The first-order valence-corrected chi connectivity index (χ1v) is 8.32. The zero-order valence-corrected chi connectivity index (χ0v) is 14.9. The van der Waals surface area contributed by atoms with Crippen molar-refractivity contribution in [2.24, 2.45) is 0 Å². The second-order valence-electron chi connectivity index (χ2n) is 4.68. The summed E-state index contributed by atoms with van der Waals surface area (Å²) in [6, 6.07) is 9.07. The molecule has 3 aromatic rings. The second-order valence-corrected chi connectivity index (χ2v) is 6.72. The fourth-order valence-corrected chi connectivity index (χ4v) is 3.34. The number of fused-ring (bicyclic) bond motifs is 1. The minimum Gasteiger partial charge on any atom is -0.295 e. The van der Waals surface area contributed by atoms with Crippen LogP contribution in [0.1, 0.15) is 11.4 Å².